The van der Waals surface area contributed by atoms with Crippen LogP contribution >= 0.6 is 0 Å². The van der Waals surface area contributed by atoms with Crippen molar-refractivity contribution in [2.75, 3.05) is 33.8 Å². The lowest BCUT2D eigenvalue weighted by Gasteiger charge is -2.19. The van der Waals surface area contributed by atoms with Gasteiger partial charge in [0.1, 0.15) is 0 Å². The molecule has 1 aliphatic heterocycles. The van der Waals surface area contributed by atoms with Crippen LogP contribution in [0.2, 0.25) is 0 Å². The lowest BCUT2D eigenvalue weighted by atomic mass is 9.95. The third-order valence-electron chi connectivity index (χ3n) is 4.90. The molecule has 30 heavy (non-hydrogen) atoms. The number of nitrogens with one attached hydrogen (secondary N) is 1. The second-order valence-electron chi connectivity index (χ2n) is 8.21. The molecule has 0 aliphatic carbocycles. The monoisotopic (exact) mass is 451 g/mol. The Morgan fingerprint density at radius 3 is 2.13 bits per heavy atom. The zero-order valence-corrected chi connectivity index (χ0v) is 19.1. The molecule has 1 saturated heterocycles. The van der Waals surface area contributed by atoms with E-state index in [9.17, 15) is 21.6 Å². The minimum Gasteiger partial charge on any atom is -0.378 e. The normalized spacial score (nSPS) is 17.8. The third-order valence-corrected chi connectivity index (χ3v) is 8.46. The molecule has 0 unspecified atom stereocenters. The SMILES string of the molecule is Cc1cc(N2C(=O)C(C)(C)CS2(=O)=O)ccc1S(=O)(=O)Nc1ccc(N(C)C)cc1. The average molecular weight is 452 g/mol. The maximum absolute atomic E-state index is 12.8. The standard InChI is InChI=1S/C20H25N3O5S2/c1-14-12-17(23-19(24)20(2,3)13-29(23,25)26)10-11-18(14)30(27,28)21-15-6-8-16(9-7-15)22(4)5/h6-12,21H,13H2,1-5H3. The lowest BCUT2D eigenvalue weighted by Crippen LogP contribution is -2.33. The van der Waals surface area contributed by atoms with Gasteiger partial charge in [0.25, 0.3) is 10.0 Å². The van der Waals surface area contributed by atoms with Crippen LogP contribution in [0.15, 0.2) is 47.4 Å². The number of hydrogen-bond acceptors (Lipinski definition) is 6. The van der Waals surface area contributed by atoms with Crippen molar-refractivity contribution in [3.63, 3.8) is 0 Å². The molecule has 10 heteroatoms. The second kappa shape index (κ2) is 7.28. The fourth-order valence-corrected chi connectivity index (χ4v) is 6.75. The van der Waals surface area contributed by atoms with E-state index in [-0.39, 0.29) is 16.3 Å². The van der Waals surface area contributed by atoms with Gasteiger partial charge in [-0.25, -0.2) is 21.1 Å². The molecule has 1 amide bonds. The first-order valence-electron chi connectivity index (χ1n) is 9.23. The molecular formula is C20H25N3O5S2. The summed E-state index contributed by atoms with van der Waals surface area (Å²) in [4.78, 5) is 14.5. The van der Waals surface area contributed by atoms with Gasteiger partial charge in [0.15, 0.2) is 0 Å². The summed E-state index contributed by atoms with van der Waals surface area (Å²) in [5.74, 6) is -0.820. The van der Waals surface area contributed by atoms with Gasteiger partial charge < -0.3 is 4.90 Å². The Labute approximate surface area is 177 Å². The number of sulfonamides is 2. The summed E-state index contributed by atoms with van der Waals surface area (Å²) in [6, 6.07) is 11.0. The molecule has 3 rings (SSSR count). The molecule has 1 aliphatic rings. The Balaban J connectivity index is 1.92. The van der Waals surface area contributed by atoms with E-state index in [1.165, 1.54) is 18.2 Å². The summed E-state index contributed by atoms with van der Waals surface area (Å²) >= 11 is 0. The van der Waals surface area contributed by atoms with E-state index >= 15 is 0 Å². The van der Waals surface area contributed by atoms with Gasteiger partial charge in [-0.15, -0.1) is 0 Å². The lowest BCUT2D eigenvalue weighted by molar-refractivity contribution is -0.123. The molecule has 162 valence electrons. The summed E-state index contributed by atoms with van der Waals surface area (Å²) < 4.78 is 53.9. The number of nitrogens with zero attached hydrogens (tertiary/aromatic N) is 2. The van der Waals surface area contributed by atoms with Crippen LogP contribution in [0, 0.1) is 12.3 Å². The molecule has 1 heterocycles. The highest BCUT2D eigenvalue weighted by Gasteiger charge is 2.50. The number of rotatable bonds is 5. The zero-order valence-electron chi connectivity index (χ0n) is 17.5. The van der Waals surface area contributed by atoms with Gasteiger partial charge in [0.05, 0.1) is 21.8 Å². The Morgan fingerprint density at radius 2 is 1.67 bits per heavy atom. The second-order valence-corrected chi connectivity index (χ2v) is 11.7. The maximum Gasteiger partial charge on any atom is 0.262 e. The number of benzene rings is 2. The van der Waals surface area contributed by atoms with Crippen LogP contribution in [0.4, 0.5) is 17.1 Å². The van der Waals surface area contributed by atoms with E-state index in [4.69, 9.17) is 0 Å². The van der Waals surface area contributed by atoms with Crippen molar-refractivity contribution < 1.29 is 21.6 Å². The molecule has 2 aromatic carbocycles. The molecule has 0 bridgehead atoms. The molecule has 8 nitrogen and oxygen atoms in total. The molecule has 0 radical (unpaired) electrons. The molecule has 0 atom stereocenters. The Kier molecular flexibility index (Phi) is 5.36. The summed E-state index contributed by atoms with van der Waals surface area (Å²) in [6.07, 6.45) is 0. The number of hydrogen-bond donors (Lipinski definition) is 1. The van der Waals surface area contributed by atoms with E-state index in [1.54, 1.807) is 45.0 Å². The number of aryl methyl sites for hydroxylation is 1. The van der Waals surface area contributed by atoms with Crippen LogP contribution in [0.3, 0.4) is 0 Å². The Hall–Kier alpha value is -2.59. The summed E-state index contributed by atoms with van der Waals surface area (Å²) in [6.45, 7) is 4.71. The van der Waals surface area contributed by atoms with E-state index in [0.717, 1.165) is 9.99 Å². The fraction of sp³-hybridized carbons (Fsp3) is 0.350. The van der Waals surface area contributed by atoms with Gasteiger partial charge in [-0.3, -0.25) is 9.52 Å². The summed E-state index contributed by atoms with van der Waals surface area (Å²) in [5.41, 5.74) is 0.772. The van der Waals surface area contributed by atoms with Gasteiger partial charge in [-0.05, 0) is 68.8 Å². The molecule has 1 N–H and O–H groups in total. The van der Waals surface area contributed by atoms with Crippen molar-refractivity contribution in [2.45, 2.75) is 25.7 Å². The van der Waals surface area contributed by atoms with Gasteiger partial charge >= 0.3 is 0 Å². The van der Waals surface area contributed by atoms with Crippen LogP contribution < -0.4 is 13.9 Å². The largest absolute Gasteiger partial charge is 0.378 e. The van der Waals surface area contributed by atoms with Crippen molar-refractivity contribution >= 4 is 43.0 Å². The van der Waals surface area contributed by atoms with Gasteiger partial charge in [-0.2, -0.15) is 0 Å². The maximum atomic E-state index is 12.8. The third kappa shape index (κ3) is 4.01. The van der Waals surface area contributed by atoms with E-state index < -0.39 is 31.4 Å². The molecule has 0 spiro atoms. The first-order chi connectivity index (χ1) is 13.7. The smallest absolute Gasteiger partial charge is 0.262 e. The van der Waals surface area contributed by atoms with Crippen LogP contribution in [0.1, 0.15) is 19.4 Å². The minimum atomic E-state index is -3.90. The number of carbonyl (C=O) groups is 1. The van der Waals surface area contributed by atoms with Crippen molar-refractivity contribution in [2.24, 2.45) is 5.41 Å². The van der Waals surface area contributed by atoms with Crippen LogP contribution in [0.25, 0.3) is 0 Å². The number of amides is 1. The fourth-order valence-electron chi connectivity index (χ4n) is 3.36. The van der Waals surface area contributed by atoms with Crippen molar-refractivity contribution in [3.8, 4) is 0 Å². The van der Waals surface area contributed by atoms with Gasteiger partial charge in [0.2, 0.25) is 15.9 Å². The van der Waals surface area contributed by atoms with Crippen molar-refractivity contribution in [1.29, 1.82) is 0 Å². The Bertz CT molecular complexity index is 1200. The van der Waals surface area contributed by atoms with E-state index in [2.05, 4.69) is 4.72 Å². The molecular weight excluding hydrogens is 426 g/mol. The highest BCUT2D eigenvalue weighted by Crippen LogP contribution is 2.36. The average Bonchev–Trinajstić information content (AvgIpc) is 2.77. The van der Waals surface area contributed by atoms with Gasteiger partial charge in [-0.1, -0.05) is 0 Å². The van der Waals surface area contributed by atoms with E-state index in [1.807, 2.05) is 19.0 Å². The number of carbonyl (C=O) groups excluding carboxylic acids is 1. The highest BCUT2D eigenvalue weighted by molar-refractivity contribution is 7.94. The first-order valence-corrected chi connectivity index (χ1v) is 12.3. The van der Waals surface area contributed by atoms with Crippen LogP contribution in [-0.4, -0.2) is 42.6 Å². The first kappa shape index (κ1) is 22.1. The van der Waals surface area contributed by atoms with Crippen molar-refractivity contribution in [1.82, 2.24) is 0 Å². The topological polar surface area (TPSA) is 104 Å². The Morgan fingerprint density at radius 1 is 1.07 bits per heavy atom. The predicted octanol–water partition coefficient (Wildman–Crippen LogP) is 2.56. The molecule has 1 fully saturated rings. The highest BCUT2D eigenvalue weighted by atomic mass is 32.2. The van der Waals surface area contributed by atoms with Gasteiger partial charge in [0, 0.05) is 25.5 Å². The molecule has 2 aromatic rings. The van der Waals surface area contributed by atoms with Crippen molar-refractivity contribution in [3.05, 3.63) is 48.0 Å². The summed E-state index contributed by atoms with van der Waals surface area (Å²) in [7, 11) is -3.94. The number of anilines is 3. The molecule has 0 aromatic heterocycles. The quantitative estimate of drug-likeness (QED) is 0.749. The van der Waals surface area contributed by atoms with Crippen LogP contribution in [-0.2, 0) is 24.8 Å². The van der Waals surface area contributed by atoms with E-state index in [0.29, 0.717) is 11.3 Å². The summed E-state index contributed by atoms with van der Waals surface area (Å²) in [5, 5.41) is 0. The minimum absolute atomic E-state index is 0.00578. The zero-order chi connectivity index (χ0) is 22.5. The predicted molar refractivity (Wildman–Crippen MR) is 118 cm³/mol. The van der Waals surface area contributed by atoms with Crippen LogP contribution in [0.5, 0.6) is 0 Å². The molecule has 0 saturated carbocycles.